The van der Waals surface area contributed by atoms with Gasteiger partial charge in [-0.25, -0.2) is 13.2 Å². The van der Waals surface area contributed by atoms with Crippen molar-refractivity contribution >= 4 is 21.7 Å². The van der Waals surface area contributed by atoms with Crippen LogP contribution in [0.5, 0.6) is 0 Å². The summed E-state index contributed by atoms with van der Waals surface area (Å²) in [5, 5.41) is 0. The normalized spacial score (nSPS) is 13.6. The molecule has 2 aromatic rings. The van der Waals surface area contributed by atoms with Crippen molar-refractivity contribution in [1.82, 2.24) is 4.31 Å². The summed E-state index contributed by atoms with van der Waals surface area (Å²) in [5.41, 5.74) is 3.62. The smallest absolute Gasteiger partial charge is 0.337 e. The Kier molecular flexibility index (Phi) is 6.05. The molecule has 6 nitrogen and oxygen atoms in total. The van der Waals surface area contributed by atoms with Crippen LogP contribution in [-0.2, 0) is 27.7 Å². The summed E-state index contributed by atoms with van der Waals surface area (Å²) in [7, 11) is -2.08. The van der Waals surface area contributed by atoms with E-state index in [-0.39, 0.29) is 5.97 Å². The number of hydrogen-bond acceptors (Lipinski definition) is 5. The standard InChI is InChI=1S/C21H26N2O4S/c1-4-23(5-2)28(25,26)19-9-10-20-17(14-19)11-12-22(20)15-16-7-6-8-18(13-16)21(24)27-3/h6-10,13-14H,4-5,11-12,15H2,1-3H3. The Hall–Kier alpha value is -2.38. The minimum atomic E-state index is -3.45. The van der Waals surface area contributed by atoms with Crippen LogP contribution in [0.4, 0.5) is 5.69 Å². The molecule has 0 saturated carbocycles. The molecule has 0 unspecified atom stereocenters. The largest absolute Gasteiger partial charge is 0.465 e. The highest BCUT2D eigenvalue weighted by atomic mass is 32.2. The zero-order chi connectivity index (χ0) is 20.3. The summed E-state index contributed by atoms with van der Waals surface area (Å²) in [6.07, 6.45) is 0.799. The third kappa shape index (κ3) is 3.91. The van der Waals surface area contributed by atoms with E-state index in [1.54, 1.807) is 18.2 Å². The Morgan fingerprint density at radius 1 is 1.14 bits per heavy atom. The van der Waals surface area contributed by atoms with Crippen LogP contribution in [0, 0.1) is 0 Å². The van der Waals surface area contributed by atoms with Crippen molar-refractivity contribution < 1.29 is 17.9 Å². The quantitative estimate of drug-likeness (QED) is 0.666. The molecule has 0 aromatic heterocycles. The maximum Gasteiger partial charge on any atom is 0.337 e. The molecular formula is C21H26N2O4S. The Bertz CT molecular complexity index is 968. The second-order valence-corrected chi connectivity index (χ2v) is 8.68. The molecule has 28 heavy (non-hydrogen) atoms. The van der Waals surface area contributed by atoms with Crippen molar-refractivity contribution in [1.29, 1.82) is 0 Å². The molecule has 0 N–H and O–H groups in total. The lowest BCUT2D eigenvalue weighted by Crippen LogP contribution is -2.30. The summed E-state index contributed by atoms with van der Waals surface area (Å²) >= 11 is 0. The molecule has 1 aliphatic rings. The van der Waals surface area contributed by atoms with Crippen LogP contribution in [-0.4, -0.2) is 45.4 Å². The summed E-state index contributed by atoms with van der Waals surface area (Å²) in [6, 6.07) is 12.8. The molecule has 0 bridgehead atoms. The Morgan fingerprint density at radius 3 is 2.57 bits per heavy atom. The minimum Gasteiger partial charge on any atom is -0.465 e. The van der Waals surface area contributed by atoms with Gasteiger partial charge in [-0.2, -0.15) is 4.31 Å². The van der Waals surface area contributed by atoms with Gasteiger partial charge in [-0.05, 0) is 47.9 Å². The molecule has 0 spiro atoms. The van der Waals surface area contributed by atoms with Crippen LogP contribution in [0.15, 0.2) is 47.4 Å². The predicted molar refractivity (Wildman–Crippen MR) is 109 cm³/mol. The highest BCUT2D eigenvalue weighted by Gasteiger charge is 2.26. The number of nitrogens with zero attached hydrogens (tertiary/aromatic N) is 2. The molecule has 0 fully saturated rings. The van der Waals surface area contributed by atoms with Crippen molar-refractivity contribution in [2.45, 2.75) is 31.7 Å². The highest BCUT2D eigenvalue weighted by Crippen LogP contribution is 2.32. The van der Waals surface area contributed by atoms with E-state index in [9.17, 15) is 13.2 Å². The number of carbonyl (C=O) groups excluding carboxylic acids is 1. The number of benzene rings is 2. The number of fused-ring (bicyclic) bond motifs is 1. The maximum absolute atomic E-state index is 12.8. The summed E-state index contributed by atoms with van der Waals surface area (Å²) < 4.78 is 31.8. The van der Waals surface area contributed by atoms with Crippen LogP contribution in [0.25, 0.3) is 0 Å². The summed E-state index contributed by atoms with van der Waals surface area (Å²) in [5.74, 6) is -0.352. The number of anilines is 1. The van der Waals surface area contributed by atoms with Gasteiger partial charge in [0, 0.05) is 31.9 Å². The van der Waals surface area contributed by atoms with Crippen LogP contribution >= 0.6 is 0 Å². The molecule has 7 heteroatoms. The Labute approximate surface area is 166 Å². The Morgan fingerprint density at radius 2 is 1.89 bits per heavy atom. The van der Waals surface area contributed by atoms with E-state index in [4.69, 9.17) is 4.74 Å². The first-order valence-corrected chi connectivity index (χ1v) is 10.9. The van der Waals surface area contributed by atoms with Gasteiger partial charge in [-0.3, -0.25) is 0 Å². The second kappa shape index (κ2) is 8.32. The summed E-state index contributed by atoms with van der Waals surface area (Å²) in [4.78, 5) is 14.3. The molecule has 3 rings (SSSR count). The van der Waals surface area contributed by atoms with Gasteiger partial charge in [0.25, 0.3) is 0 Å². The van der Waals surface area contributed by atoms with Crippen molar-refractivity contribution in [2.24, 2.45) is 0 Å². The summed E-state index contributed by atoms with van der Waals surface area (Å²) in [6.45, 7) is 6.07. The lowest BCUT2D eigenvalue weighted by atomic mass is 10.1. The average molecular weight is 403 g/mol. The number of rotatable bonds is 7. The zero-order valence-corrected chi connectivity index (χ0v) is 17.3. The average Bonchev–Trinajstić information content (AvgIpc) is 3.10. The van der Waals surface area contributed by atoms with Crippen molar-refractivity contribution in [3.8, 4) is 0 Å². The molecule has 1 heterocycles. The second-order valence-electron chi connectivity index (χ2n) is 6.74. The van der Waals surface area contributed by atoms with E-state index in [1.807, 2.05) is 38.1 Å². The van der Waals surface area contributed by atoms with Crippen molar-refractivity contribution in [3.05, 3.63) is 59.2 Å². The fourth-order valence-electron chi connectivity index (χ4n) is 3.62. The van der Waals surface area contributed by atoms with E-state index in [0.29, 0.717) is 30.1 Å². The predicted octanol–water partition coefficient (Wildman–Crippen LogP) is 3.07. The molecule has 2 aromatic carbocycles. The fourth-order valence-corrected chi connectivity index (χ4v) is 5.13. The number of methoxy groups -OCH3 is 1. The molecule has 0 saturated heterocycles. The van der Waals surface area contributed by atoms with E-state index >= 15 is 0 Å². The number of ether oxygens (including phenoxy) is 1. The number of carbonyl (C=O) groups is 1. The van der Waals surface area contributed by atoms with Gasteiger partial charge in [0.05, 0.1) is 17.6 Å². The lowest BCUT2D eigenvalue weighted by molar-refractivity contribution is 0.0600. The first-order chi connectivity index (χ1) is 13.4. The monoisotopic (exact) mass is 402 g/mol. The molecule has 0 amide bonds. The van der Waals surface area contributed by atoms with E-state index in [0.717, 1.165) is 29.8 Å². The first-order valence-electron chi connectivity index (χ1n) is 9.46. The molecule has 0 atom stereocenters. The van der Waals surface area contributed by atoms with E-state index in [2.05, 4.69) is 4.90 Å². The SMILES string of the molecule is CCN(CC)S(=O)(=O)c1ccc2c(c1)CCN2Cc1cccc(C(=O)OC)c1. The topological polar surface area (TPSA) is 66.9 Å². The third-order valence-corrected chi connectivity index (χ3v) is 7.15. The molecule has 0 aliphatic carbocycles. The van der Waals surface area contributed by atoms with Gasteiger partial charge >= 0.3 is 5.97 Å². The number of hydrogen-bond donors (Lipinski definition) is 0. The van der Waals surface area contributed by atoms with E-state index < -0.39 is 10.0 Å². The zero-order valence-electron chi connectivity index (χ0n) is 16.5. The Balaban J connectivity index is 1.83. The van der Waals surface area contributed by atoms with Gasteiger partial charge in [0.15, 0.2) is 0 Å². The molecular weight excluding hydrogens is 376 g/mol. The first kappa shape index (κ1) is 20.4. The maximum atomic E-state index is 12.8. The van der Waals surface area contributed by atoms with Gasteiger partial charge in [0.2, 0.25) is 10.0 Å². The number of sulfonamides is 1. The molecule has 150 valence electrons. The van der Waals surface area contributed by atoms with Crippen molar-refractivity contribution in [3.63, 3.8) is 0 Å². The minimum absolute atomic E-state index is 0.351. The fraction of sp³-hybridized carbons (Fsp3) is 0.381. The van der Waals surface area contributed by atoms with Gasteiger partial charge in [-0.15, -0.1) is 0 Å². The van der Waals surface area contributed by atoms with Gasteiger partial charge in [0.1, 0.15) is 0 Å². The number of esters is 1. The van der Waals surface area contributed by atoms with E-state index in [1.165, 1.54) is 11.4 Å². The van der Waals surface area contributed by atoms with Gasteiger partial charge < -0.3 is 9.64 Å². The van der Waals surface area contributed by atoms with Crippen molar-refractivity contribution in [2.75, 3.05) is 31.6 Å². The van der Waals surface area contributed by atoms with Crippen LogP contribution in [0.3, 0.4) is 0 Å². The highest BCUT2D eigenvalue weighted by molar-refractivity contribution is 7.89. The van der Waals surface area contributed by atoms with Gasteiger partial charge in [-0.1, -0.05) is 26.0 Å². The third-order valence-electron chi connectivity index (χ3n) is 5.11. The molecule has 1 aliphatic heterocycles. The molecule has 0 radical (unpaired) electrons. The lowest BCUT2D eigenvalue weighted by Gasteiger charge is -2.21. The van der Waals surface area contributed by atoms with Crippen LogP contribution < -0.4 is 4.90 Å². The van der Waals surface area contributed by atoms with Crippen LogP contribution in [0.1, 0.15) is 35.3 Å². The van der Waals surface area contributed by atoms with Crippen LogP contribution in [0.2, 0.25) is 0 Å².